The number of nitrogens with one attached hydrogen (secondary N) is 1. The van der Waals surface area contributed by atoms with Crippen LogP contribution in [0.5, 0.6) is 0 Å². The number of aliphatic hydroxyl groups is 1. The number of rotatable bonds is 27. The Morgan fingerprint density at radius 3 is 1.89 bits per heavy atom. The molecule has 0 saturated carbocycles. The Kier molecular flexibility index (Phi) is 25.1. The molecule has 0 aromatic heterocycles. The van der Waals surface area contributed by atoms with E-state index >= 15 is 0 Å². The van der Waals surface area contributed by atoms with Crippen molar-refractivity contribution in [3.8, 4) is 0 Å². The van der Waals surface area contributed by atoms with Crippen molar-refractivity contribution in [2.45, 2.75) is 129 Å². The first-order chi connectivity index (χ1) is 18.3. The van der Waals surface area contributed by atoms with Gasteiger partial charge in [0.25, 0.3) is 0 Å². The lowest BCUT2D eigenvalue weighted by atomic mass is 10.1. The zero-order valence-corrected chi connectivity index (χ0v) is 24.8. The van der Waals surface area contributed by atoms with E-state index < -0.39 is 26.5 Å². The third kappa shape index (κ3) is 27.8. The summed E-state index contributed by atoms with van der Waals surface area (Å²) in [4.78, 5) is 32.1. The topological polar surface area (TPSA) is 131 Å². The van der Waals surface area contributed by atoms with Crippen LogP contribution in [0.25, 0.3) is 0 Å². The van der Waals surface area contributed by atoms with E-state index in [4.69, 9.17) is 4.52 Å². The quantitative estimate of drug-likeness (QED) is 0.0455. The number of carbonyl (C=O) groups is 2. The number of amides is 1. The average molecular weight is 564 g/mol. The summed E-state index contributed by atoms with van der Waals surface area (Å²) in [6.45, 7) is 2.45. The van der Waals surface area contributed by atoms with Gasteiger partial charge in [0.15, 0.2) is 0 Å². The predicted octanol–water partition coefficient (Wildman–Crippen LogP) is 6.37. The Labute approximate surface area is 230 Å². The molecule has 0 rings (SSSR count). The van der Waals surface area contributed by atoms with Gasteiger partial charge in [0.1, 0.15) is 12.7 Å². The first-order valence-electron chi connectivity index (χ1n) is 14.6. The summed E-state index contributed by atoms with van der Waals surface area (Å²) >= 11 is 0. The Morgan fingerprint density at radius 2 is 1.34 bits per heavy atom. The van der Waals surface area contributed by atoms with Crippen molar-refractivity contribution in [3.05, 3.63) is 12.2 Å². The smallest absolute Gasteiger partial charge is 0.463 e. The molecule has 9 nitrogen and oxygen atoms in total. The van der Waals surface area contributed by atoms with Crippen LogP contribution in [0.2, 0.25) is 0 Å². The number of phosphoric ester groups is 1. The molecule has 0 heterocycles. The van der Waals surface area contributed by atoms with Crippen LogP contribution in [0.15, 0.2) is 12.2 Å². The van der Waals surface area contributed by atoms with Gasteiger partial charge < -0.3 is 20.1 Å². The maximum Gasteiger partial charge on any atom is 0.472 e. The molecule has 0 fully saturated rings. The molecule has 0 spiro atoms. The van der Waals surface area contributed by atoms with E-state index in [1.807, 2.05) is 0 Å². The minimum Gasteiger partial charge on any atom is -0.463 e. The molecule has 0 aliphatic carbocycles. The van der Waals surface area contributed by atoms with Crippen molar-refractivity contribution in [1.82, 2.24) is 5.32 Å². The third-order valence-electron chi connectivity index (χ3n) is 6.00. The van der Waals surface area contributed by atoms with Gasteiger partial charge in [-0.05, 0) is 32.1 Å². The van der Waals surface area contributed by atoms with Crippen molar-refractivity contribution in [3.63, 3.8) is 0 Å². The largest absolute Gasteiger partial charge is 0.472 e. The molecule has 0 bridgehead atoms. The Bertz CT molecular complexity index is 659. The first-order valence-corrected chi connectivity index (χ1v) is 16.1. The van der Waals surface area contributed by atoms with E-state index in [9.17, 15) is 24.2 Å². The number of allylic oxidation sites excluding steroid dienone is 2. The number of ether oxygens (including phenoxy) is 1. The summed E-state index contributed by atoms with van der Waals surface area (Å²) in [5, 5.41) is 12.1. The lowest BCUT2D eigenvalue weighted by Gasteiger charge is -2.15. The number of hydrogen-bond donors (Lipinski definition) is 3. The summed E-state index contributed by atoms with van der Waals surface area (Å²) in [6, 6.07) is 0. The Hall–Kier alpha value is -1.25. The van der Waals surface area contributed by atoms with E-state index in [2.05, 4.69) is 33.7 Å². The second-order valence-corrected chi connectivity index (χ2v) is 11.3. The molecule has 1 amide bonds. The average Bonchev–Trinajstić information content (AvgIpc) is 2.88. The molecular formula is C28H54NO8P. The van der Waals surface area contributed by atoms with Crippen LogP contribution < -0.4 is 5.32 Å². The van der Waals surface area contributed by atoms with Crippen LogP contribution in [0.4, 0.5) is 0 Å². The minimum atomic E-state index is -4.37. The Morgan fingerprint density at radius 1 is 0.816 bits per heavy atom. The van der Waals surface area contributed by atoms with Crippen molar-refractivity contribution in [1.29, 1.82) is 0 Å². The molecule has 2 atom stereocenters. The predicted molar refractivity (Wildman–Crippen MR) is 151 cm³/mol. The van der Waals surface area contributed by atoms with Crippen molar-refractivity contribution in [2.24, 2.45) is 0 Å². The molecule has 3 N–H and O–H groups in total. The molecule has 2 unspecified atom stereocenters. The maximum absolute atomic E-state index is 11.9. The Balaban J connectivity index is 3.47. The number of unbranched alkanes of at least 4 members (excludes halogenated alkanes) is 14. The number of esters is 1. The number of carbonyl (C=O) groups excluding carboxylic acids is 2. The second kappa shape index (κ2) is 26.0. The maximum atomic E-state index is 11.9. The second-order valence-electron chi connectivity index (χ2n) is 9.80. The highest BCUT2D eigenvalue weighted by Gasteiger charge is 2.23. The number of aliphatic hydroxyl groups excluding tert-OH is 1. The van der Waals surface area contributed by atoms with E-state index in [-0.39, 0.29) is 25.7 Å². The van der Waals surface area contributed by atoms with Crippen LogP contribution in [0.1, 0.15) is 123 Å². The SMILES string of the molecule is CCCCCCCCC/C=C\CCCCCCCCCC(=O)NCCOP(=O)(O)OCC(O)COC(C)=O. The van der Waals surface area contributed by atoms with Crippen LogP contribution in [-0.2, 0) is 27.9 Å². The van der Waals surface area contributed by atoms with Gasteiger partial charge in [-0.3, -0.25) is 18.6 Å². The lowest BCUT2D eigenvalue weighted by molar-refractivity contribution is -0.144. The lowest BCUT2D eigenvalue weighted by Crippen LogP contribution is -2.27. The van der Waals surface area contributed by atoms with Gasteiger partial charge in [-0.2, -0.15) is 0 Å². The van der Waals surface area contributed by atoms with Crippen molar-refractivity contribution in [2.75, 3.05) is 26.4 Å². The fourth-order valence-electron chi connectivity index (χ4n) is 3.81. The van der Waals surface area contributed by atoms with Gasteiger partial charge in [-0.25, -0.2) is 4.57 Å². The molecule has 0 saturated heterocycles. The highest BCUT2D eigenvalue weighted by molar-refractivity contribution is 7.47. The van der Waals surface area contributed by atoms with E-state index in [1.54, 1.807) is 0 Å². The normalized spacial score (nSPS) is 13.9. The number of hydrogen-bond acceptors (Lipinski definition) is 7. The van der Waals surface area contributed by atoms with Gasteiger partial charge in [-0.15, -0.1) is 0 Å². The monoisotopic (exact) mass is 563 g/mol. The van der Waals surface area contributed by atoms with Crippen molar-refractivity contribution >= 4 is 19.7 Å². The summed E-state index contributed by atoms with van der Waals surface area (Å²) < 4.78 is 25.7. The number of phosphoric acid groups is 1. The molecule has 0 aromatic rings. The van der Waals surface area contributed by atoms with Gasteiger partial charge >= 0.3 is 13.8 Å². The summed E-state index contributed by atoms with van der Waals surface area (Å²) in [5.41, 5.74) is 0. The summed E-state index contributed by atoms with van der Waals surface area (Å²) in [7, 11) is -4.37. The molecular weight excluding hydrogens is 509 g/mol. The van der Waals surface area contributed by atoms with E-state index in [0.717, 1.165) is 19.3 Å². The fraction of sp³-hybridized carbons (Fsp3) is 0.857. The summed E-state index contributed by atoms with van der Waals surface area (Å²) in [5.74, 6) is -0.700. The van der Waals surface area contributed by atoms with Gasteiger partial charge in [-0.1, -0.05) is 89.7 Å². The summed E-state index contributed by atoms with van der Waals surface area (Å²) in [6.07, 6.45) is 23.7. The third-order valence-corrected chi connectivity index (χ3v) is 6.99. The van der Waals surface area contributed by atoms with Gasteiger partial charge in [0, 0.05) is 19.9 Å². The zero-order chi connectivity index (χ0) is 28.3. The highest BCUT2D eigenvalue weighted by atomic mass is 31.2. The van der Waals surface area contributed by atoms with Crippen molar-refractivity contribution < 1.29 is 37.9 Å². The van der Waals surface area contributed by atoms with Gasteiger partial charge in [0.2, 0.25) is 5.91 Å². The zero-order valence-electron chi connectivity index (χ0n) is 23.9. The van der Waals surface area contributed by atoms with Gasteiger partial charge in [0.05, 0.1) is 13.2 Å². The molecule has 0 aliphatic rings. The van der Waals surface area contributed by atoms with E-state index in [0.29, 0.717) is 6.42 Å². The molecule has 0 aromatic carbocycles. The highest BCUT2D eigenvalue weighted by Crippen LogP contribution is 2.42. The minimum absolute atomic E-state index is 0.0796. The van der Waals surface area contributed by atoms with Crippen LogP contribution in [0.3, 0.4) is 0 Å². The van der Waals surface area contributed by atoms with Crippen LogP contribution in [0, 0.1) is 0 Å². The molecule has 10 heteroatoms. The first kappa shape index (κ1) is 36.8. The molecule has 224 valence electrons. The fourth-order valence-corrected chi connectivity index (χ4v) is 4.56. The van der Waals surface area contributed by atoms with E-state index in [1.165, 1.54) is 90.4 Å². The molecule has 38 heavy (non-hydrogen) atoms. The van der Waals surface area contributed by atoms with Crippen LogP contribution in [-0.4, -0.2) is 54.3 Å². The standard InChI is InChI=1S/C28H54NO8P/c1-3-4-5-6-7-8-9-10-11-12-13-14-15-16-17-18-19-20-21-28(32)29-22-23-36-38(33,34)37-25-27(31)24-35-26(2)30/h11-12,27,31H,3-10,13-25H2,1-2H3,(H,29,32)(H,33,34)/b12-11-. The molecule has 0 aliphatic heterocycles. The molecule has 0 radical (unpaired) electrons. The van der Waals surface area contributed by atoms with Crippen LogP contribution >= 0.6 is 7.82 Å².